The zero-order chi connectivity index (χ0) is 11.8. The molecule has 0 spiro atoms. The Bertz CT molecular complexity index is 321. The summed E-state index contributed by atoms with van der Waals surface area (Å²) in [6.07, 6.45) is 6.32. The lowest BCUT2D eigenvalue weighted by molar-refractivity contribution is -0.138. The van der Waals surface area contributed by atoms with E-state index in [9.17, 15) is 5.11 Å². The van der Waals surface area contributed by atoms with E-state index in [-0.39, 0.29) is 11.0 Å². The summed E-state index contributed by atoms with van der Waals surface area (Å²) in [6.45, 7) is 9.47. The van der Waals surface area contributed by atoms with E-state index in [1.807, 2.05) is 0 Å². The van der Waals surface area contributed by atoms with E-state index in [2.05, 4.69) is 27.7 Å². The molecule has 0 aliphatic heterocycles. The molecule has 1 heteroatoms. The van der Waals surface area contributed by atoms with Crippen LogP contribution in [0.4, 0.5) is 0 Å². The average molecular weight is 222 g/mol. The van der Waals surface area contributed by atoms with Gasteiger partial charge in [0.15, 0.2) is 0 Å². The van der Waals surface area contributed by atoms with Crippen molar-refractivity contribution in [2.24, 2.45) is 28.6 Å². The van der Waals surface area contributed by atoms with Crippen molar-refractivity contribution in [1.29, 1.82) is 0 Å². The minimum atomic E-state index is -0.339. The maximum absolute atomic E-state index is 11.4. The molecular weight excluding hydrogens is 196 g/mol. The molecule has 0 saturated heterocycles. The standard InChI is InChI=1S/C15H26O/c1-10-5-6-12-13(2,3)9-14(4)8-7-11(10)15(12,14)16/h10-12,16H,5-9H2,1-4H3. The van der Waals surface area contributed by atoms with Gasteiger partial charge >= 0.3 is 0 Å². The largest absolute Gasteiger partial charge is 0.389 e. The van der Waals surface area contributed by atoms with Gasteiger partial charge in [0.05, 0.1) is 5.60 Å². The van der Waals surface area contributed by atoms with Gasteiger partial charge in [0.25, 0.3) is 0 Å². The predicted octanol–water partition coefficient (Wildman–Crippen LogP) is 3.61. The van der Waals surface area contributed by atoms with Crippen molar-refractivity contribution in [3.05, 3.63) is 0 Å². The van der Waals surface area contributed by atoms with Gasteiger partial charge in [-0.05, 0) is 60.7 Å². The van der Waals surface area contributed by atoms with Gasteiger partial charge in [0.2, 0.25) is 0 Å². The summed E-state index contributed by atoms with van der Waals surface area (Å²) in [5, 5.41) is 11.4. The summed E-state index contributed by atoms with van der Waals surface area (Å²) in [4.78, 5) is 0. The van der Waals surface area contributed by atoms with Crippen LogP contribution >= 0.6 is 0 Å². The second-order valence-corrected chi connectivity index (χ2v) is 7.80. The Morgan fingerprint density at radius 1 is 1.06 bits per heavy atom. The van der Waals surface area contributed by atoms with E-state index in [0.29, 0.717) is 17.3 Å². The minimum absolute atomic E-state index is 0.209. The van der Waals surface area contributed by atoms with Gasteiger partial charge in [-0.1, -0.05) is 27.7 Å². The fourth-order valence-corrected chi connectivity index (χ4v) is 5.94. The molecule has 3 rings (SSSR count). The van der Waals surface area contributed by atoms with Crippen LogP contribution in [0.1, 0.15) is 59.8 Å². The molecule has 92 valence electrons. The highest BCUT2D eigenvalue weighted by atomic mass is 16.3. The Balaban J connectivity index is 2.10. The Kier molecular flexibility index (Phi) is 1.98. The fourth-order valence-electron chi connectivity index (χ4n) is 5.94. The lowest BCUT2D eigenvalue weighted by atomic mass is 9.60. The van der Waals surface area contributed by atoms with E-state index >= 15 is 0 Å². The van der Waals surface area contributed by atoms with Crippen molar-refractivity contribution in [1.82, 2.24) is 0 Å². The highest BCUT2D eigenvalue weighted by Gasteiger charge is 2.70. The molecule has 0 radical (unpaired) electrons. The molecule has 1 N–H and O–H groups in total. The molecule has 0 amide bonds. The molecular formula is C15H26O. The molecule has 0 aromatic rings. The van der Waals surface area contributed by atoms with Crippen LogP contribution in [0.2, 0.25) is 0 Å². The number of hydrogen-bond donors (Lipinski definition) is 1. The third kappa shape index (κ3) is 1.02. The Morgan fingerprint density at radius 3 is 2.44 bits per heavy atom. The SMILES string of the molecule is CC1CCC2C(C)(C)CC3(C)CCC1C23O. The third-order valence-corrected chi connectivity index (χ3v) is 6.46. The zero-order valence-electron chi connectivity index (χ0n) is 11.2. The quantitative estimate of drug-likeness (QED) is 0.664. The minimum Gasteiger partial charge on any atom is -0.389 e. The molecule has 0 heterocycles. The van der Waals surface area contributed by atoms with Crippen LogP contribution in [0.15, 0.2) is 0 Å². The molecule has 0 bridgehead atoms. The lowest BCUT2D eigenvalue weighted by Crippen LogP contribution is -2.53. The normalized spacial score (nSPS) is 58.7. The van der Waals surface area contributed by atoms with Gasteiger partial charge in [-0.15, -0.1) is 0 Å². The molecule has 3 aliphatic rings. The van der Waals surface area contributed by atoms with Crippen molar-refractivity contribution in [2.75, 3.05) is 0 Å². The van der Waals surface area contributed by atoms with Gasteiger partial charge in [-0.25, -0.2) is 0 Å². The van der Waals surface area contributed by atoms with E-state index in [0.717, 1.165) is 5.92 Å². The molecule has 3 aliphatic carbocycles. The fraction of sp³-hybridized carbons (Fsp3) is 1.00. The van der Waals surface area contributed by atoms with Gasteiger partial charge in [-0.2, -0.15) is 0 Å². The Morgan fingerprint density at radius 2 is 1.75 bits per heavy atom. The first-order chi connectivity index (χ1) is 7.31. The first kappa shape index (κ1) is 11.1. The molecule has 1 nitrogen and oxygen atoms in total. The number of rotatable bonds is 0. The van der Waals surface area contributed by atoms with Crippen molar-refractivity contribution < 1.29 is 5.11 Å². The summed E-state index contributed by atoms with van der Waals surface area (Å²) in [6, 6.07) is 0. The van der Waals surface area contributed by atoms with Crippen LogP contribution < -0.4 is 0 Å². The van der Waals surface area contributed by atoms with E-state index in [1.54, 1.807) is 0 Å². The molecule has 0 aromatic carbocycles. The molecule has 16 heavy (non-hydrogen) atoms. The summed E-state index contributed by atoms with van der Waals surface area (Å²) in [5.41, 5.74) is 0.219. The predicted molar refractivity (Wildman–Crippen MR) is 66.1 cm³/mol. The van der Waals surface area contributed by atoms with Crippen LogP contribution in [-0.2, 0) is 0 Å². The third-order valence-electron chi connectivity index (χ3n) is 6.46. The molecule has 5 unspecified atom stereocenters. The Hall–Kier alpha value is -0.0400. The van der Waals surface area contributed by atoms with Crippen molar-refractivity contribution in [2.45, 2.75) is 65.4 Å². The van der Waals surface area contributed by atoms with Crippen LogP contribution in [0.3, 0.4) is 0 Å². The van der Waals surface area contributed by atoms with E-state index in [1.165, 1.54) is 32.1 Å². The second kappa shape index (κ2) is 2.85. The molecule has 3 fully saturated rings. The first-order valence-corrected chi connectivity index (χ1v) is 7.04. The van der Waals surface area contributed by atoms with Crippen molar-refractivity contribution >= 4 is 0 Å². The van der Waals surface area contributed by atoms with Crippen LogP contribution in [0, 0.1) is 28.6 Å². The van der Waals surface area contributed by atoms with Crippen LogP contribution in [-0.4, -0.2) is 10.7 Å². The maximum atomic E-state index is 11.4. The smallest absolute Gasteiger partial charge is 0.0764 e. The van der Waals surface area contributed by atoms with Crippen molar-refractivity contribution in [3.63, 3.8) is 0 Å². The topological polar surface area (TPSA) is 20.2 Å². The van der Waals surface area contributed by atoms with Gasteiger partial charge < -0.3 is 5.11 Å². The monoisotopic (exact) mass is 222 g/mol. The van der Waals surface area contributed by atoms with Crippen LogP contribution in [0.5, 0.6) is 0 Å². The first-order valence-electron chi connectivity index (χ1n) is 7.04. The molecule has 5 atom stereocenters. The molecule has 0 aromatic heterocycles. The molecule has 3 saturated carbocycles. The summed E-state index contributed by atoms with van der Waals surface area (Å²) in [7, 11) is 0. The van der Waals surface area contributed by atoms with Crippen molar-refractivity contribution in [3.8, 4) is 0 Å². The van der Waals surface area contributed by atoms with Gasteiger partial charge in [0.1, 0.15) is 0 Å². The number of aliphatic hydroxyl groups is 1. The second-order valence-electron chi connectivity index (χ2n) is 7.80. The van der Waals surface area contributed by atoms with Gasteiger partial charge in [0, 0.05) is 0 Å². The number of hydrogen-bond acceptors (Lipinski definition) is 1. The zero-order valence-corrected chi connectivity index (χ0v) is 11.2. The highest BCUT2D eigenvalue weighted by molar-refractivity contribution is 5.20. The van der Waals surface area contributed by atoms with Gasteiger partial charge in [-0.3, -0.25) is 0 Å². The maximum Gasteiger partial charge on any atom is 0.0764 e. The highest BCUT2D eigenvalue weighted by Crippen LogP contribution is 2.71. The van der Waals surface area contributed by atoms with Crippen LogP contribution in [0.25, 0.3) is 0 Å². The Labute approximate surface area is 99.6 Å². The average Bonchev–Trinajstić information content (AvgIpc) is 2.46. The summed E-state index contributed by atoms with van der Waals surface area (Å²) >= 11 is 0. The lowest BCUT2D eigenvalue weighted by Gasteiger charge is -2.49. The van der Waals surface area contributed by atoms with E-state index < -0.39 is 0 Å². The summed E-state index contributed by atoms with van der Waals surface area (Å²) < 4.78 is 0. The van der Waals surface area contributed by atoms with E-state index in [4.69, 9.17) is 0 Å². The summed E-state index contributed by atoms with van der Waals surface area (Å²) in [5.74, 6) is 1.86.